The van der Waals surface area contributed by atoms with E-state index in [9.17, 15) is 16.8 Å². The Bertz CT molecular complexity index is 2130. The quantitative estimate of drug-likeness (QED) is 0.0504. The number of aliphatic hydroxyl groups excluding tert-OH is 2. The lowest BCUT2D eigenvalue weighted by Crippen LogP contribution is -2.08. The van der Waals surface area contributed by atoms with Gasteiger partial charge in [-0.25, -0.2) is 16.8 Å². The van der Waals surface area contributed by atoms with Crippen molar-refractivity contribution in [2.45, 2.75) is 100 Å². The SMILES string of the molecule is CCCCCCn1c2ccc(C=Cc3ccccc3S(=O)(=O)CCCCCCO)cc2c2cc(C=Cc3ccccc3S(=O)(=O)CCCCCCO)ccc21. The maximum Gasteiger partial charge on any atom is 0.178 e. The van der Waals surface area contributed by atoms with Gasteiger partial charge in [0.2, 0.25) is 0 Å². The molecule has 0 aliphatic carbocycles. The van der Waals surface area contributed by atoms with Crippen LogP contribution in [0, 0.1) is 0 Å². The second-order valence-corrected chi connectivity index (χ2v) is 18.6. The van der Waals surface area contributed by atoms with Crippen molar-refractivity contribution in [3.8, 4) is 0 Å². The molecule has 2 N–H and O–H groups in total. The number of aromatic nitrogens is 1. The molecule has 1 aromatic heterocycles. The molecule has 0 radical (unpaired) electrons. The first-order valence-corrected chi connectivity index (χ1v) is 23.3. The molecule has 55 heavy (non-hydrogen) atoms. The van der Waals surface area contributed by atoms with E-state index in [1.54, 1.807) is 24.3 Å². The van der Waals surface area contributed by atoms with E-state index in [4.69, 9.17) is 10.2 Å². The lowest BCUT2D eigenvalue weighted by molar-refractivity contribution is 0.282. The molecular weight excluding hydrogens is 727 g/mol. The fourth-order valence-corrected chi connectivity index (χ4v) is 10.4. The molecule has 0 amide bonds. The van der Waals surface area contributed by atoms with E-state index in [1.165, 1.54) is 12.8 Å². The van der Waals surface area contributed by atoms with Gasteiger partial charge in [0.25, 0.3) is 0 Å². The van der Waals surface area contributed by atoms with Crippen LogP contribution in [0.3, 0.4) is 0 Å². The molecule has 7 nitrogen and oxygen atoms in total. The number of aliphatic hydroxyl groups is 2. The van der Waals surface area contributed by atoms with Crippen molar-refractivity contribution in [2.75, 3.05) is 24.7 Å². The minimum Gasteiger partial charge on any atom is -0.396 e. The third-order valence-electron chi connectivity index (χ3n) is 10.2. The van der Waals surface area contributed by atoms with Crippen molar-refractivity contribution in [3.05, 3.63) is 107 Å². The van der Waals surface area contributed by atoms with E-state index in [0.717, 1.165) is 78.0 Å². The first kappa shape index (κ1) is 42.1. The van der Waals surface area contributed by atoms with Gasteiger partial charge in [0.1, 0.15) is 0 Å². The summed E-state index contributed by atoms with van der Waals surface area (Å²) < 4.78 is 55.7. The normalized spacial score (nSPS) is 12.6. The predicted octanol–water partition coefficient (Wildman–Crippen LogP) is 10.4. The maximum atomic E-state index is 13.3. The van der Waals surface area contributed by atoms with Crippen molar-refractivity contribution in [1.82, 2.24) is 4.57 Å². The van der Waals surface area contributed by atoms with Gasteiger partial charge in [0.05, 0.1) is 21.3 Å². The van der Waals surface area contributed by atoms with Gasteiger partial charge in [-0.2, -0.15) is 0 Å². The summed E-state index contributed by atoms with van der Waals surface area (Å²) in [4.78, 5) is 0.670. The first-order chi connectivity index (χ1) is 26.7. The highest BCUT2D eigenvalue weighted by Crippen LogP contribution is 2.33. The van der Waals surface area contributed by atoms with E-state index < -0.39 is 19.7 Å². The standard InChI is InChI=1S/C46H57NO6S2/c1-2-3-4-13-30-47-43-28-24-37(22-26-39-18-9-11-20-45(39)54(50,51)33-16-7-5-14-31-48)35-41(43)42-36-38(25-29-44(42)47)23-27-40-19-10-12-21-46(40)55(52,53)34-17-8-6-15-32-49/h9-12,18-29,35-36,48-49H,2-8,13-17,30-34H2,1H3. The zero-order chi connectivity index (χ0) is 39.1. The number of hydrogen-bond acceptors (Lipinski definition) is 6. The Morgan fingerprint density at radius 3 is 1.40 bits per heavy atom. The fraction of sp³-hybridized carbons (Fsp3) is 0.391. The molecule has 0 fully saturated rings. The Labute approximate surface area is 328 Å². The molecule has 0 spiro atoms. The van der Waals surface area contributed by atoms with Crippen LogP contribution < -0.4 is 0 Å². The molecule has 4 aromatic carbocycles. The van der Waals surface area contributed by atoms with E-state index >= 15 is 0 Å². The molecule has 5 rings (SSSR count). The Morgan fingerprint density at radius 2 is 0.945 bits per heavy atom. The molecule has 0 saturated heterocycles. The zero-order valence-corrected chi connectivity index (χ0v) is 33.8. The fourth-order valence-electron chi connectivity index (χ4n) is 7.19. The number of nitrogens with zero attached hydrogens (tertiary/aromatic N) is 1. The number of aryl methyl sites for hydroxylation is 1. The average molecular weight is 784 g/mol. The van der Waals surface area contributed by atoms with Crippen molar-refractivity contribution in [2.24, 2.45) is 0 Å². The van der Waals surface area contributed by atoms with E-state index in [2.05, 4.69) is 47.9 Å². The lowest BCUT2D eigenvalue weighted by Gasteiger charge is -2.09. The van der Waals surface area contributed by atoms with Crippen LogP contribution in [0.5, 0.6) is 0 Å². The first-order valence-electron chi connectivity index (χ1n) is 20.0. The zero-order valence-electron chi connectivity index (χ0n) is 32.2. The van der Waals surface area contributed by atoms with Crippen molar-refractivity contribution in [1.29, 1.82) is 0 Å². The highest BCUT2D eigenvalue weighted by atomic mass is 32.2. The summed E-state index contributed by atoms with van der Waals surface area (Å²) in [5, 5.41) is 20.3. The Kier molecular flexibility index (Phi) is 15.9. The summed E-state index contributed by atoms with van der Waals surface area (Å²) >= 11 is 0. The lowest BCUT2D eigenvalue weighted by atomic mass is 10.1. The molecule has 1 heterocycles. The van der Waals surface area contributed by atoms with Crippen LogP contribution in [-0.4, -0.2) is 56.3 Å². The smallest absolute Gasteiger partial charge is 0.178 e. The average Bonchev–Trinajstić information content (AvgIpc) is 3.49. The van der Waals surface area contributed by atoms with E-state index in [0.29, 0.717) is 46.6 Å². The van der Waals surface area contributed by atoms with Gasteiger partial charge in [-0.3, -0.25) is 0 Å². The van der Waals surface area contributed by atoms with Gasteiger partial charge in [0.15, 0.2) is 19.7 Å². The topological polar surface area (TPSA) is 114 Å². The number of rotatable bonds is 23. The van der Waals surface area contributed by atoms with Crippen molar-refractivity contribution >= 4 is 65.8 Å². The minimum absolute atomic E-state index is 0.0807. The molecule has 0 aliphatic heterocycles. The molecule has 9 heteroatoms. The monoisotopic (exact) mass is 783 g/mol. The van der Waals surface area contributed by atoms with Gasteiger partial charge in [-0.1, -0.05) is 125 Å². The summed E-state index contributed by atoms with van der Waals surface area (Å²) in [7, 11) is -6.94. The number of unbranched alkanes of at least 4 members (excludes halogenated alkanes) is 9. The summed E-state index contributed by atoms with van der Waals surface area (Å²) in [5.41, 5.74) is 5.53. The molecule has 0 bridgehead atoms. The van der Waals surface area contributed by atoms with Crippen LogP contribution in [-0.2, 0) is 26.2 Å². The third-order valence-corrected chi connectivity index (χ3v) is 13.9. The van der Waals surface area contributed by atoms with Crippen LogP contribution in [0.4, 0.5) is 0 Å². The number of sulfone groups is 2. The molecule has 294 valence electrons. The Hall–Kier alpha value is -4.02. The largest absolute Gasteiger partial charge is 0.396 e. The molecule has 0 atom stereocenters. The van der Waals surface area contributed by atoms with Crippen LogP contribution in [0.25, 0.3) is 46.1 Å². The van der Waals surface area contributed by atoms with Crippen molar-refractivity contribution < 1.29 is 27.0 Å². The third kappa shape index (κ3) is 11.5. The second-order valence-electron chi connectivity index (χ2n) is 14.4. The predicted molar refractivity (Wildman–Crippen MR) is 230 cm³/mol. The summed E-state index contributed by atoms with van der Waals surface area (Å²) in [6, 6.07) is 27.1. The molecule has 0 unspecified atom stereocenters. The number of fused-ring (bicyclic) bond motifs is 3. The number of benzene rings is 4. The van der Waals surface area contributed by atoms with Crippen LogP contribution in [0.2, 0.25) is 0 Å². The van der Waals surface area contributed by atoms with Crippen molar-refractivity contribution in [3.63, 3.8) is 0 Å². The molecule has 0 aliphatic rings. The van der Waals surface area contributed by atoms with Crippen LogP contribution in [0.1, 0.15) is 106 Å². The van der Waals surface area contributed by atoms with Crippen LogP contribution >= 0.6 is 0 Å². The van der Waals surface area contributed by atoms with Gasteiger partial charge in [0, 0.05) is 41.6 Å². The minimum atomic E-state index is -3.47. The molecular formula is C46H57NO6S2. The second kappa shape index (κ2) is 20.8. The Morgan fingerprint density at radius 1 is 0.509 bits per heavy atom. The van der Waals surface area contributed by atoms with Gasteiger partial charge in [-0.05, 0) is 90.8 Å². The van der Waals surface area contributed by atoms with Gasteiger partial charge < -0.3 is 14.8 Å². The van der Waals surface area contributed by atoms with E-state index in [-0.39, 0.29) is 24.7 Å². The number of hydrogen-bond donors (Lipinski definition) is 2. The Balaban J connectivity index is 1.46. The van der Waals surface area contributed by atoms with E-state index in [1.807, 2.05) is 48.6 Å². The summed E-state index contributed by atoms with van der Waals surface area (Å²) in [6.45, 7) is 3.37. The maximum absolute atomic E-state index is 13.3. The van der Waals surface area contributed by atoms with Crippen LogP contribution in [0.15, 0.2) is 94.7 Å². The summed E-state index contributed by atoms with van der Waals surface area (Å²) in [5.74, 6) is 0.161. The highest BCUT2D eigenvalue weighted by Gasteiger charge is 2.19. The summed E-state index contributed by atoms with van der Waals surface area (Å²) in [6.07, 6.45) is 18.0. The highest BCUT2D eigenvalue weighted by molar-refractivity contribution is 7.91. The van der Waals surface area contributed by atoms with Gasteiger partial charge in [-0.15, -0.1) is 0 Å². The molecule has 0 saturated carbocycles. The van der Waals surface area contributed by atoms with Gasteiger partial charge >= 0.3 is 0 Å². The molecule has 5 aromatic rings.